The quantitative estimate of drug-likeness (QED) is 0.621. The highest BCUT2D eigenvalue weighted by atomic mass is 16.5. The zero-order chi connectivity index (χ0) is 8.32. The van der Waals surface area contributed by atoms with E-state index in [0.29, 0.717) is 13.2 Å². The van der Waals surface area contributed by atoms with Crippen LogP contribution in [-0.4, -0.2) is 24.3 Å². The second-order valence-electron chi connectivity index (χ2n) is 2.94. The highest BCUT2D eigenvalue weighted by molar-refractivity contribution is 5.68. The largest absolute Gasteiger partial charge is 0.481 e. The zero-order valence-corrected chi connectivity index (χ0v) is 6.38. The summed E-state index contributed by atoms with van der Waals surface area (Å²) in [6.07, 6.45) is 2.62. The number of hydrogen-bond donors (Lipinski definition) is 1. The molecule has 1 atom stereocenters. The van der Waals surface area contributed by atoms with E-state index < -0.39 is 5.97 Å². The molecule has 1 aliphatic heterocycles. The average molecular weight is 156 g/mol. The lowest BCUT2D eigenvalue weighted by Gasteiger charge is -2.19. The first-order chi connectivity index (χ1) is 5.18. The van der Waals surface area contributed by atoms with Gasteiger partial charge in [-0.05, 0) is 6.42 Å². The second-order valence-corrected chi connectivity index (χ2v) is 2.94. The molecule has 1 rings (SSSR count). The van der Waals surface area contributed by atoms with Crippen molar-refractivity contribution in [2.45, 2.75) is 12.8 Å². The van der Waals surface area contributed by atoms with E-state index in [1.165, 1.54) is 0 Å². The maximum atomic E-state index is 10.4. The third-order valence-electron chi connectivity index (χ3n) is 2.07. The maximum Gasteiger partial charge on any atom is 0.304 e. The molecule has 1 unspecified atom stereocenters. The Kier molecular flexibility index (Phi) is 2.29. The SMILES string of the molecule is C=CC1(CC(=O)O)CCOC1. The number of carboxylic acids is 1. The fraction of sp³-hybridized carbons (Fsp3) is 0.625. The molecule has 0 spiro atoms. The van der Waals surface area contributed by atoms with Crippen LogP contribution in [0.25, 0.3) is 0 Å². The van der Waals surface area contributed by atoms with E-state index in [4.69, 9.17) is 9.84 Å². The number of carboxylic acid groups (broad SMARTS) is 1. The van der Waals surface area contributed by atoms with E-state index in [-0.39, 0.29) is 11.8 Å². The highest BCUT2D eigenvalue weighted by Crippen LogP contribution is 2.33. The molecule has 1 fully saturated rings. The Balaban J connectivity index is 2.59. The molecule has 0 aromatic carbocycles. The number of hydrogen-bond acceptors (Lipinski definition) is 2. The summed E-state index contributed by atoms with van der Waals surface area (Å²) in [6, 6.07) is 0. The van der Waals surface area contributed by atoms with Gasteiger partial charge in [-0.25, -0.2) is 0 Å². The molecular weight excluding hydrogens is 144 g/mol. The van der Waals surface area contributed by atoms with Crippen molar-refractivity contribution in [3.8, 4) is 0 Å². The van der Waals surface area contributed by atoms with E-state index in [1.807, 2.05) is 0 Å². The van der Waals surface area contributed by atoms with Crippen LogP contribution in [0, 0.1) is 5.41 Å². The lowest BCUT2D eigenvalue weighted by Crippen LogP contribution is -2.21. The van der Waals surface area contributed by atoms with Crippen LogP contribution >= 0.6 is 0 Å². The Morgan fingerprint density at radius 1 is 1.82 bits per heavy atom. The maximum absolute atomic E-state index is 10.4. The Hall–Kier alpha value is -0.830. The molecule has 0 bridgehead atoms. The van der Waals surface area contributed by atoms with Gasteiger partial charge in [0.15, 0.2) is 0 Å². The zero-order valence-electron chi connectivity index (χ0n) is 6.38. The van der Waals surface area contributed by atoms with Gasteiger partial charge in [0, 0.05) is 12.0 Å². The van der Waals surface area contributed by atoms with E-state index in [0.717, 1.165) is 6.42 Å². The Morgan fingerprint density at radius 3 is 2.91 bits per heavy atom. The lowest BCUT2D eigenvalue weighted by molar-refractivity contribution is -0.139. The molecule has 0 radical (unpaired) electrons. The van der Waals surface area contributed by atoms with Gasteiger partial charge in [0.05, 0.1) is 13.0 Å². The van der Waals surface area contributed by atoms with Crippen LogP contribution in [0.3, 0.4) is 0 Å². The summed E-state index contributed by atoms with van der Waals surface area (Å²) in [5, 5.41) is 8.57. The molecular formula is C8H12O3. The number of rotatable bonds is 3. The smallest absolute Gasteiger partial charge is 0.304 e. The molecule has 1 N–H and O–H groups in total. The molecule has 0 aliphatic carbocycles. The van der Waals surface area contributed by atoms with Gasteiger partial charge in [-0.3, -0.25) is 4.79 Å². The first kappa shape index (κ1) is 8.27. The number of carbonyl (C=O) groups is 1. The van der Waals surface area contributed by atoms with Crippen LogP contribution in [0.5, 0.6) is 0 Å². The van der Waals surface area contributed by atoms with Crippen molar-refractivity contribution in [3.63, 3.8) is 0 Å². The summed E-state index contributed by atoms with van der Waals surface area (Å²) in [6.45, 7) is 4.78. The standard InChI is InChI=1S/C8H12O3/c1-2-8(5-7(9)10)3-4-11-6-8/h2H,1,3-6H2,(H,9,10). The van der Waals surface area contributed by atoms with Crippen molar-refractivity contribution in [1.82, 2.24) is 0 Å². The first-order valence-electron chi connectivity index (χ1n) is 3.62. The van der Waals surface area contributed by atoms with E-state index >= 15 is 0 Å². The minimum Gasteiger partial charge on any atom is -0.481 e. The predicted octanol–water partition coefficient (Wildman–Crippen LogP) is 1.05. The van der Waals surface area contributed by atoms with Gasteiger partial charge in [0.1, 0.15) is 0 Å². The van der Waals surface area contributed by atoms with Gasteiger partial charge in [0.25, 0.3) is 0 Å². The van der Waals surface area contributed by atoms with Gasteiger partial charge in [-0.2, -0.15) is 0 Å². The van der Waals surface area contributed by atoms with Crippen LogP contribution in [-0.2, 0) is 9.53 Å². The van der Waals surface area contributed by atoms with Crippen molar-refractivity contribution in [1.29, 1.82) is 0 Å². The van der Waals surface area contributed by atoms with E-state index in [2.05, 4.69) is 6.58 Å². The van der Waals surface area contributed by atoms with Gasteiger partial charge in [0.2, 0.25) is 0 Å². The van der Waals surface area contributed by atoms with Crippen molar-refractivity contribution < 1.29 is 14.6 Å². The van der Waals surface area contributed by atoms with Crippen molar-refractivity contribution in [3.05, 3.63) is 12.7 Å². The highest BCUT2D eigenvalue weighted by Gasteiger charge is 2.33. The second kappa shape index (κ2) is 3.05. The van der Waals surface area contributed by atoms with Crippen LogP contribution in [0.2, 0.25) is 0 Å². The fourth-order valence-electron chi connectivity index (χ4n) is 1.30. The normalized spacial score (nSPS) is 30.2. The third kappa shape index (κ3) is 1.80. The van der Waals surface area contributed by atoms with Crippen LogP contribution < -0.4 is 0 Å². The molecule has 0 saturated carbocycles. The monoisotopic (exact) mass is 156 g/mol. The molecule has 11 heavy (non-hydrogen) atoms. The minimum absolute atomic E-state index is 0.135. The number of aliphatic carboxylic acids is 1. The van der Waals surface area contributed by atoms with E-state index in [1.54, 1.807) is 6.08 Å². The first-order valence-corrected chi connectivity index (χ1v) is 3.62. The van der Waals surface area contributed by atoms with Gasteiger partial charge in [-0.1, -0.05) is 6.08 Å². The summed E-state index contributed by atoms with van der Waals surface area (Å²) in [5.74, 6) is -0.782. The van der Waals surface area contributed by atoms with Gasteiger partial charge < -0.3 is 9.84 Å². The molecule has 62 valence electrons. The molecule has 1 aliphatic rings. The molecule has 3 heteroatoms. The van der Waals surface area contributed by atoms with Crippen LogP contribution in [0.15, 0.2) is 12.7 Å². The molecule has 0 aromatic rings. The lowest BCUT2D eigenvalue weighted by atomic mass is 9.84. The van der Waals surface area contributed by atoms with Crippen molar-refractivity contribution in [2.24, 2.45) is 5.41 Å². The Bertz CT molecular complexity index is 168. The Labute approximate surface area is 65.7 Å². The molecule has 0 aromatic heterocycles. The summed E-state index contributed by atoms with van der Waals surface area (Å²) >= 11 is 0. The van der Waals surface area contributed by atoms with Crippen LogP contribution in [0.1, 0.15) is 12.8 Å². The molecule has 1 heterocycles. The van der Waals surface area contributed by atoms with Crippen molar-refractivity contribution >= 4 is 5.97 Å². The number of ether oxygens (including phenoxy) is 1. The molecule has 3 nitrogen and oxygen atoms in total. The summed E-state index contributed by atoms with van der Waals surface area (Å²) < 4.78 is 5.12. The van der Waals surface area contributed by atoms with Gasteiger partial charge in [-0.15, -0.1) is 6.58 Å². The van der Waals surface area contributed by atoms with Crippen LogP contribution in [0.4, 0.5) is 0 Å². The van der Waals surface area contributed by atoms with Gasteiger partial charge >= 0.3 is 5.97 Å². The van der Waals surface area contributed by atoms with E-state index in [9.17, 15) is 4.79 Å². The third-order valence-corrected chi connectivity index (χ3v) is 2.07. The molecule has 1 saturated heterocycles. The Morgan fingerprint density at radius 2 is 2.55 bits per heavy atom. The summed E-state index contributed by atoms with van der Waals surface area (Å²) in [7, 11) is 0. The fourth-order valence-corrected chi connectivity index (χ4v) is 1.30. The topological polar surface area (TPSA) is 46.5 Å². The predicted molar refractivity (Wildman–Crippen MR) is 40.3 cm³/mol. The average Bonchev–Trinajstić information content (AvgIpc) is 2.36. The molecule has 0 amide bonds. The summed E-state index contributed by atoms with van der Waals surface area (Å²) in [4.78, 5) is 10.4. The summed E-state index contributed by atoms with van der Waals surface area (Å²) in [5.41, 5.74) is -0.300. The minimum atomic E-state index is -0.782. The van der Waals surface area contributed by atoms with Crippen molar-refractivity contribution in [2.75, 3.05) is 13.2 Å².